The molecule has 1 nitrogen and oxygen atoms in total. The summed E-state index contributed by atoms with van der Waals surface area (Å²) in [5, 5.41) is 0. The standard InChI is InChI=1S/C10H17N/c1-7-3-4-9-8(2)6-11-10(9)5-7/h6-10H,3-5H2,1-2H3. The van der Waals surface area contributed by atoms with Gasteiger partial charge >= 0.3 is 0 Å². The largest absolute Gasteiger partial charge is 0.294 e. The first-order valence-electron chi connectivity index (χ1n) is 4.80. The highest BCUT2D eigenvalue weighted by molar-refractivity contribution is 5.63. The molecule has 0 N–H and O–H groups in total. The van der Waals surface area contributed by atoms with E-state index in [2.05, 4.69) is 25.1 Å². The molecule has 1 fully saturated rings. The molecule has 4 unspecified atom stereocenters. The predicted octanol–water partition coefficient (Wildman–Crippen LogP) is 2.51. The zero-order valence-electron chi connectivity index (χ0n) is 7.46. The smallest absolute Gasteiger partial charge is 0.0532 e. The van der Waals surface area contributed by atoms with E-state index in [0.29, 0.717) is 6.04 Å². The summed E-state index contributed by atoms with van der Waals surface area (Å²) in [5.74, 6) is 2.57. The SMILES string of the molecule is CC1CCC2C(C)C=NC2C1. The lowest BCUT2D eigenvalue weighted by Gasteiger charge is -2.30. The van der Waals surface area contributed by atoms with Crippen molar-refractivity contribution in [1.82, 2.24) is 0 Å². The van der Waals surface area contributed by atoms with E-state index in [0.717, 1.165) is 17.8 Å². The maximum atomic E-state index is 4.56. The molecule has 0 aromatic carbocycles. The molecule has 0 amide bonds. The van der Waals surface area contributed by atoms with Gasteiger partial charge in [-0.3, -0.25) is 4.99 Å². The Kier molecular flexibility index (Phi) is 1.74. The first kappa shape index (κ1) is 7.33. The van der Waals surface area contributed by atoms with E-state index in [-0.39, 0.29) is 0 Å². The molecule has 4 atom stereocenters. The maximum absolute atomic E-state index is 4.56. The normalized spacial score (nSPS) is 49.3. The molecule has 0 bridgehead atoms. The Hall–Kier alpha value is -0.330. The molecule has 2 rings (SSSR count). The van der Waals surface area contributed by atoms with Crippen LogP contribution in [0.4, 0.5) is 0 Å². The monoisotopic (exact) mass is 151 g/mol. The molecular formula is C10H17N. The van der Waals surface area contributed by atoms with E-state index >= 15 is 0 Å². The van der Waals surface area contributed by atoms with Crippen molar-refractivity contribution in [1.29, 1.82) is 0 Å². The zero-order chi connectivity index (χ0) is 7.84. The molecule has 1 aliphatic carbocycles. The fourth-order valence-electron chi connectivity index (χ4n) is 2.52. The lowest BCUT2D eigenvalue weighted by Crippen LogP contribution is -2.27. The van der Waals surface area contributed by atoms with E-state index in [1.807, 2.05) is 0 Å². The molecule has 0 saturated heterocycles. The molecule has 0 radical (unpaired) electrons. The number of hydrogen-bond donors (Lipinski definition) is 0. The fraction of sp³-hybridized carbons (Fsp3) is 0.900. The summed E-state index contributed by atoms with van der Waals surface area (Å²) >= 11 is 0. The van der Waals surface area contributed by atoms with Crippen molar-refractivity contribution in [2.75, 3.05) is 0 Å². The predicted molar refractivity (Wildman–Crippen MR) is 47.9 cm³/mol. The zero-order valence-corrected chi connectivity index (χ0v) is 7.46. The van der Waals surface area contributed by atoms with E-state index in [9.17, 15) is 0 Å². The third kappa shape index (κ3) is 1.21. The number of aliphatic imine (C=N–C) groups is 1. The summed E-state index contributed by atoms with van der Waals surface area (Å²) in [6.45, 7) is 4.67. The van der Waals surface area contributed by atoms with Crippen LogP contribution in [0.15, 0.2) is 4.99 Å². The summed E-state index contributed by atoms with van der Waals surface area (Å²) in [4.78, 5) is 4.56. The van der Waals surface area contributed by atoms with Crippen molar-refractivity contribution in [3.8, 4) is 0 Å². The van der Waals surface area contributed by atoms with E-state index in [1.54, 1.807) is 0 Å². The number of rotatable bonds is 0. The van der Waals surface area contributed by atoms with Gasteiger partial charge in [0.15, 0.2) is 0 Å². The van der Waals surface area contributed by atoms with Gasteiger partial charge in [-0.2, -0.15) is 0 Å². The highest BCUT2D eigenvalue weighted by atomic mass is 14.8. The Morgan fingerprint density at radius 2 is 2.09 bits per heavy atom. The van der Waals surface area contributed by atoms with Gasteiger partial charge < -0.3 is 0 Å². The Bertz CT molecular complexity index is 174. The summed E-state index contributed by atoms with van der Waals surface area (Å²) in [5.41, 5.74) is 0. The second-order valence-corrected chi connectivity index (χ2v) is 4.31. The van der Waals surface area contributed by atoms with Crippen LogP contribution < -0.4 is 0 Å². The van der Waals surface area contributed by atoms with Crippen molar-refractivity contribution in [2.24, 2.45) is 22.7 Å². The summed E-state index contributed by atoms with van der Waals surface area (Å²) in [7, 11) is 0. The van der Waals surface area contributed by atoms with Gasteiger partial charge in [-0.25, -0.2) is 0 Å². The third-order valence-electron chi connectivity index (χ3n) is 3.32. The highest BCUT2D eigenvalue weighted by Gasteiger charge is 2.34. The van der Waals surface area contributed by atoms with Gasteiger partial charge in [0, 0.05) is 6.21 Å². The highest BCUT2D eigenvalue weighted by Crippen LogP contribution is 2.37. The molecule has 62 valence electrons. The van der Waals surface area contributed by atoms with Crippen LogP contribution >= 0.6 is 0 Å². The summed E-state index contributed by atoms with van der Waals surface area (Å²) in [6, 6.07) is 0.689. The van der Waals surface area contributed by atoms with Gasteiger partial charge in [-0.15, -0.1) is 0 Å². The molecule has 0 aromatic heterocycles. The fourth-order valence-corrected chi connectivity index (χ4v) is 2.52. The quantitative estimate of drug-likeness (QED) is 0.504. The molecule has 0 spiro atoms. The van der Waals surface area contributed by atoms with Crippen LogP contribution in [0.25, 0.3) is 0 Å². The minimum absolute atomic E-state index is 0.689. The lowest BCUT2D eigenvalue weighted by atomic mass is 9.76. The van der Waals surface area contributed by atoms with Gasteiger partial charge in [0.1, 0.15) is 0 Å². The number of hydrogen-bond acceptors (Lipinski definition) is 1. The van der Waals surface area contributed by atoms with Crippen molar-refractivity contribution in [3.05, 3.63) is 0 Å². The van der Waals surface area contributed by atoms with E-state index < -0.39 is 0 Å². The minimum atomic E-state index is 0.689. The van der Waals surface area contributed by atoms with E-state index in [1.165, 1.54) is 19.3 Å². The van der Waals surface area contributed by atoms with Crippen molar-refractivity contribution in [2.45, 2.75) is 39.2 Å². The van der Waals surface area contributed by atoms with Crippen LogP contribution in [0, 0.1) is 17.8 Å². The van der Waals surface area contributed by atoms with Crippen LogP contribution in [0.3, 0.4) is 0 Å². The van der Waals surface area contributed by atoms with E-state index in [4.69, 9.17) is 0 Å². The second kappa shape index (κ2) is 2.62. The van der Waals surface area contributed by atoms with Gasteiger partial charge in [0.05, 0.1) is 6.04 Å². The molecule has 1 heterocycles. The Balaban J connectivity index is 2.05. The number of fused-ring (bicyclic) bond motifs is 1. The average molecular weight is 151 g/mol. The average Bonchev–Trinajstić information content (AvgIpc) is 2.32. The Morgan fingerprint density at radius 3 is 2.91 bits per heavy atom. The Morgan fingerprint density at radius 1 is 1.27 bits per heavy atom. The first-order valence-corrected chi connectivity index (χ1v) is 4.80. The van der Waals surface area contributed by atoms with Gasteiger partial charge in [0.2, 0.25) is 0 Å². The minimum Gasteiger partial charge on any atom is -0.294 e. The molecule has 2 aliphatic rings. The summed E-state index contributed by atoms with van der Waals surface area (Å²) < 4.78 is 0. The van der Waals surface area contributed by atoms with Gasteiger partial charge in [-0.05, 0) is 30.6 Å². The molecule has 1 aliphatic heterocycles. The van der Waals surface area contributed by atoms with Crippen molar-refractivity contribution in [3.63, 3.8) is 0 Å². The summed E-state index contributed by atoms with van der Waals surface area (Å²) in [6.07, 6.45) is 6.35. The number of nitrogens with zero attached hydrogens (tertiary/aromatic N) is 1. The molecule has 0 aromatic rings. The van der Waals surface area contributed by atoms with Crippen molar-refractivity contribution < 1.29 is 0 Å². The topological polar surface area (TPSA) is 12.4 Å². The van der Waals surface area contributed by atoms with Crippen LogP contribution in [0.1, 0.15) is 33.1 Å². The molecule has 1 saturated carbocycles. The van der Waals surface area contributed by atoms with Gasteiger partial charge in [0.25, 0.3) is 0 Å². The maximum Gasteiger partial charge on any atom is 0.0532 e. The van der Waals surface area contributed by atoms with Gasteiger partial charge in [-0.1, -0.05) is 20.3 Å². The van der Waals surface area contributed by atoms with Crippen LogP contribution in [-0.2, 0) is 0 Å². The van der Waals surface area contributed by atoms with Crippen LogP contribution in [0.5, 0.6) is 0 Å². The van der Waals surface area contributed by atoms with Crippen molar-refractivity contribution >= 4 is 6.21 Å². The molecule has 11 heavy (non-hydrogen) atoms. The third-order valence-corrected chi connectivity index (χ3v) is 3.32. The molecule has 1 heteroatoms. The van der Waals surface area contributed by atoms with Crippen LogP contribution in [0.2, 0.25) is 0 Å². The Labute approximate surface area is 68.9 Å². The van der Waals surface area contributed by atoms with Crippen LogP contribution in [-0.4, -0.2) is 12.3 Å². The molecular weight excluding hydrogens is 134 g/mol. The first-order chi connectivity index (χ1) is 5.27. The lowest BCUT2D eigenvalue weighted by molar-refractivity contribution is 0.241. The second-order valence-electron chi connectivity index (χ2n) is 4.31.